The Kier molecular flexibility index (Phi) is 4.74. The molecular formula is C17H12BrN3O2S2. The zero-order chi connectivity index (χ0) is 17.2. The van der Waals surface area contributed by atoms with Crippen molar-refractivity contribution >= 4 is 39.0 Å². The lowest BCUT2D eigenvalue weighted by Crippen LogP contribution is -1.84. The van der Waals surface area contributed by atoms with Crippen molar-refractivity contribution in [3.05, 3.63) is 57.7 Å². The number of halogens is 1. The molecule has 4 rings (SSSR count). The summed E-state index contributed by atoms with van der Waals surface area (Å²) in [5, 5.41) is 10.7. The van der Waals surface area contributed by atoms with E-state index in [1.165, 1.54) is 11.8 Å². The van der Waals surface area contributed by atoms with E-state index in [0.717, 1.165) is 26.4 Å². The molecule has 0 fully saturated rings. The van der Waals surface area contributed by atoms with E-state index >= 15 is 0 Å². The van der Waals surface area contributed by atoms with Crippen LogP contribution >= 0.6 is 39.0 Å². The van der Waals surface area contributed by atoms with Crippen molar-refractivity contribution in [2.24, 2.45) is 0 Å². The van der Waals surface area contributed by atoms with Crippen molar-refractivity contribution in [3.8, 4) is 22.2 Å². The van der Waals surface area contributed by atoms with Crippen LogP contribution in [0.4, 0.5) is 0 Å². The van der Waals surface area contributed by atoms with Crippen LogP contribution in [0.25, 0.3) is 22.2 Å². The van der Waals surface area contributed by atoms with Gasteiger partial charge in [-0.3, -0.25) is 0 Å². The highest BCUT2D eigenvalue weighted by Gasteiger charge is 2.15. The van der Waals surface area contributed by atoms with Gasteiger partial charge in [0.2, 0.25) is 11.8 Å². The monoisotopic (exact) mass is 433 g/mol. The first-order valence-corrected chi connectivity index (χ1v) is 10.1. The first kappa shape index (κ1) is 16.6. The second kappa shape index (κ2) is 7.15. The predicted molar refractivity (Wildman–Crippen MR) is 102 cm³/mol. The molecule has 3 aromatic heterocycles. The largest absolute Gasteiger partial charge is 0.440 e. The van der Waals surface area contributed by atoms with Gasteiger partial charge in [0.15, 0.2) is 0 Å². The summed E-state index contributed by atoms with van der Waals surface area (Å²) in [7, 11) is 0. The molecule has 126 valence electrons. The predicted octanol–water partition coefficient (Wildman–Crippen LogP) is 5.82. The van der Waals surface area contributed by atoms with Gasteiger partial charge in [0.25, 0.3) is 5.22 Å². The summed E-state index contributed by atoms with van der Waals surface area (Å²) in [5.41, 5.74) is 1.77. The van der Waals surface area contributed by atoms with E-state index in [2.05, 4.69) is 31.1 Å². The first-order valence-electron chi connectivity index (χ1n) is 7.41. The fourth-order valence-corrected chi connectivity index (χ4v) is 3.85. The summed E-state index contributed by atoms with van der Waals surface area (Å²) < 4.78 is 12.5. The van der Waals surface area contributed by atoms with E-state index < -0.39 is 0 Å². The minimum absolute atomic E-state index is 0.506. The van der Waals surface area contributed by atoms with Crippen LogP contribution in [0.3, 0.4) is 0 Å². The summed E-state index contributed by atoms with van der Waals surface area (Å²) >= 11 is 6.47. The lowest BCUT2D eigenvalue weighted by atomic mass is 10.2. The molecule has 0 atom stereocenters. The maximum Gasteiger partial charge on any atom is 0.277 e. The molecule has 8 heteroatoms. The van der Waals surface area contributed by atoms with Crippen molar-refractivity contribution in [2.75, 3.05) is 0 Å². The van der Waals surface area contributed by atoms with Gasteiger partial charge in [-0.25, -0.2) is 4.98 Å². The highest BCUT2D eigenvalue weighted by atomic mass is 79.9. The van der Waals surface area contributed by atoms with Crippen LogP contribution in [-0.4, -0.2) is 15.2 Å². The number of rotatable bonds is 5. The number of nitrogens with zero attached hydrogens (tertiary/aromatic N) is 3. The Labute approximate surface area is 160 Å². The maximum atomic E-state index is 5.75. The van der Waals surface area contributed by atoms with Gasteiger partial charge in [-0.2, -0.15) is 0 Å². The van der Waals surface area contributed by atoms with E-state index in [1.807, 2.05) is 48.7 Å². The minimum atomic E-state index is 0.506. The van der Waals surface area contributed by atoms with Gasteiger partial charge in [0.05, 0.1) is 10.6 Å². The molecule has 0 saturated carbocycles. The summed E-state index contributed by atoms with van der Waals surface area (Å²) in [4.78, 5) is 5.59. The summed E-state index contributed by atoms with van der Waals surface area (Å²) in [6.45, 7) is 1.92. The maximum absolute atomic E-state index is 5.75. The fourth-order valence-electron chi connectivity index (χ4n) is 2.17. The molecular weight excluding hydrogens is 422 g/mol. The zero-order valence-electron chi connectivity index (χ0n) is 13.1. The summed E-state index contributed by atoms with van der Waals surface area (Å²) in [6, 6.07) is 11.7. The summed E-state index contributed by atoms with van der Waals surface area (Å²) in [5.74, 6) is 2.58. The molecule has 0 spiro atoms. The Hall–Kier alpha value is -1.90. The number of oxazole rings is 1. The molecule has 0 bridgehead atoms. The van der Waals surface area contributed by atoms with Crippen LogP contribution < -0.4 is 0 Å². The molecule has 0 radical (unpaired) electrons. The van der Waals surface area contributed by atoms with E-state index in [-0.39, 0.29) is 0 Å². The van der Waals surface area contributed by atoms with Gasteiger partial charge in [-0.15, -0.1) is 21.5 Å². The number of thioether (sulfide) groups is 1. The van der Waals surface area contributed by atoms with Crippen molar-refractivity contribution in [2.45, 2.75) is 17.9 Å². The number of thiophene rings is 1. The Morgan fingerprint density at radius 2 is 1.92 bits per heavy atom. The third-order valence-corrected chi connectivity index (χ3v) is 5.67. The number of aryl methyl sites for hydroxylation is 1. The molecule has 0 aliphatic rings. The lowest BCUT2D eigenvalue weighted by Gasteiger charge is -1.95. The van der Waals surface area contributed by atoms with E-state index in [9.17, 15) is 0 Å². The molecule has 0 unspecified atom stereocenters. The summed E-state index contributed by atoms with van der Waals surface area (Å²) in [6.07, 6.45) is 0. The average Bonchev–Trinajstić information content (AvgIpc) is 3.35. The molecule has 0 aliphatic heterocycles. The topological polar surface area (TPSA) is 65.0 Å². The molecule has 5 nitrogen and oxygen atoms in total. The van der Waals surface area contributed by atoms with E-state index in [0.29, 0.717) is 22.8 Å². The Morgan fingerprint density at radius 1 is 1.08 bits per heavy atom. The van der Waals surface area contributed by atoms with Gasteiger partial charge in [-0.1, -0.05) is 33.8 Å². The standard InChI is InChI=1S/C17H12BrN3O2S2/c1-10-13(19-16(22-10)14-3-2-8-24-14)9-25-17-21-20-15(23-17)11-4-6-12(18)7-5-11/h2-8H,9H2,1H3. The van der Waals surface area contributed by atoms with Gasteiger partial charge in [0.1, 0.15) is 5.76 Å². The lowest BCUT2D eigenvalue weighted by molar-refractivity contribution is 0.465. The third-order valence-electron chi connectivity index (χ3n) is 3.45. The van der Waals surface area contributed by atoms with Crippen LogP contribution in [0.1, 0.15) is 11.5 Å². The van der Waals surface area contributed by atoms with E-state index in [4.69, 9.17) is 8.83 Å². The second-order valence-electron chi connectivity index (χ2n) is 5.17. The van der Waals surface area contributed by atoms with Crippen LogP contribution in [0.5, 0.6) is 0 Å². The van der Waals surface area contributed by atoms with Gasteiger partial charge in [-0.05, 0) is 42.6 Å². The number of hydrogen-bond donors (Lipinski definition) is 0. The Balaban J connectivity index is 1.46. The normalized spacial score (nSPS) is 11.1. The van der Waals surface area contributed by atoms with Crippen LogP contribution in [0, 0.1) is 6.92 Å². The van der Waals surface area contributed by atoms with Crippen LogP contribution in [0.15, 0.2) is 60.3 Å². The highest BCUT2D eigenvalue weighted by Crippen LogP contribution is 2.30. The SMILES string of the molecule is Cc1oc(-c2cccs2)nc1CSc1nnc(-c2ccc(Br)cc2)o1. The highest BCUT2D eigenvalue weighted by molar-refractivity contribution is 9.10. The van der Waals surface area contributed by atoms with Crippen molar-refractivity contribution in [3.63, 3.8) is 0 Å². The molecule has 3 heterocycles. The second-order valence-corrected chi connectivity index (χ2v) is 7.96. The number of hydrogen-bond acceptors (Lipinski definition) is 7. The molecule has 1 aromatic carbocycles. The molecule has 0 N–H and O–H groups in total. The molecule has 25 heavy (non-hydrogen) atoms. The number of benzene rings is 1. The number of aromatic nitrogens is 3. The van der Waals surface area contributed by atoms with Crippen molar-refractivity contribution in [1.82, 2.24) is 15.2 Å². The Morgan fingerprint density at radius 3 is 2.68 bits per heavy atom. The molecule has 4 aromatic rings. The molecule has 0 aliphatic carbocycles. The van der Waals surface area contributed by atoms with Gasteiger partial charge < -0.3 is 8.83 Å². The third kappa shape index (κ3) is 3.70. The zero-order valence-corrected chi connectivity index (χ0v) is 16.3. The van der Waals surface area contributed by atoms with Crippen molar-refractivity contribution < 1.29 is 8.83 Å². The Bertz CT molecular complexity index is 978. The molecule has 0 amide bonds. The van der Waals surface area contributed by atoms with Gasteiger partial charge >= 0.3 is 0 Å². The smallest absolute Gasteiger partial charge is 0.277 e. The van der Waals surface area contributed by atoms with Crippen molar-refractivity contribution in [1.29, 1.82) is 0 Å². The van der Waals surface area contributed by atoms with E-state index in [1.54, 1.807) is 11.3 Å². The fraction of sp³-hybridized carbons (Fsp3) is 0.118. The molecule has 0 saturated heterocycles. The first-order chi connectivity index (χ1) is 12.2. The van der Waals surface area contributed by atoms with Crippen LogP contribution in [0.2, 0.25) is 0 Å². The van der Waals surface area contributed by atoms with Gasteiger partial charge in [0, 0.05) is 15.8 Å². The minimum Gasteiger partial charge on any atom is -0.440 e. The average molecular weight is 434 g/mol. The quantitative estimate of drug-likeness (QED) is 0.369. The van der Waals surface area contributed by atoms with Crippen LogP contribution in [-0.2, 0) is 5.75 Å².